The van der Waals surface area contributed by atoms with Crippen molar-refractivity contribution >= 4 is 22.0 Å². The molecule has 1 unspecified atom stereocenters. The van der Waals surface area contributed by atoms with Crippen LogP contribution in [0, 0.1) is 5.82 Å². The van der Waals surface area contributed by atoms with Gasteiger partial charge in [-0.05, 0) is 37.5 Å². The fourth-order valence-electron chi connectivity index (χ4n) is 5.17. The molecule has 10 nitrogen and oxygen atoms in total. The average molecular weight is 569 g/mol. The molecular formula is C28H33FN6O4S. The van der Waals surface area contributed by atoms with Crippen LogP contribution in [0.2, 0.25) is 0 Å². The predicted molar refractivity (Wildman–Crippen MR) is 151 cm³/mol. The third-order valence-corrected chi connectivity index (χ3v) is 8.94. The molecule has 1 aromatic heterocycles. The van der Waals surface area contributed by atoms with E-state index >= 15 is 0 Å². The molecule has 2 aromatic carbocycles. The molecule has 0 saturated carbocycles. The Morgan fingerprint density at radius 3 is 2.40 bits per heavy atom. The lowest BCUT2D eigenvalue weighted by Gasteiger charge is -2.38. The molecular weight excluding hydrogens is 535 g/mol. The summed E-state index contributed by atoms with van der Waals surface area (Å²) in [5.41, 5.74) is 1.28. The second kappa shape index (κ2) is 11.5. The molecule has 0 amide bonds. The lowest BCUT2D eigenvalue weighted by molar-refractivity contribution is 0.0759. The number of hydrogen-bond acceptors (Lipinski definition) is 9. The summed E-state index contributed by atoms with van der Waals surface area (Å²) in [5, 5.41) is 14.6. The number of benzene rings is 2. The molecule has 12 heteroatoms. The number of nitrogens with zero attached hydrogens (tertiary/aromatic N) is 4. The predicted octanol–water partition coefficient (Wildman–Crippen LogP) is 2.94. The molecule has 2 atom stereocenters. The number of amidine groups is 1. The van der Waals surface area contributed by atoms with Crippen molar-refractivity contribution in [2.45, 2.75) is 37.2 Å². The minimum Gasteiger partial charge on any atom is -0.457 e. The highest BCUT2D eigenvalue weighted by molar-refractivity contribution is 7.90. The number of ether oxygens (including phenoxy) is 1. The Hall–Kier alpha value is -3.61. The number of rotatable bonds is 7. The standard InChI is InChI=1S/C28H33FN6O4S/c1-28(2)25(40(37,38)34-27(39-28)33-24(11-16-36)22-5-3-4-6-23(22)29)20-9-7-19(8-10-20)21-17-31-26(32-18-21)35-14-12-30-13-15-35/h3-10,17-18,24-25,30,36H,11-16H2,1-2H3,(H,33,34)/t24-,25?/m0/s1. The molecule has 0 radical (unpaired) electrons. The highest BCUT2D eigenvalue weighted by atomic mass is 32.2. The molecule has 3 N–H and O–H groups in total. The molecule has 1 saturated heterocycles. The van der Waals surface area contributed by atoms with Gasteiger partial charge in [0.1, 0.15) is 16.7 Å². The summed E-state index contributed by atoms with van der Waals surface area (Å²) in [4.78, 5) is 11.2. The van der Waals surface area contributed by atoms with Crippen LogP contribution in [0.4, 0.5) is 10.3 Å². The number of piperazine rings is 1. The molecule has 1 fully saturated rings. The van der Waals surface area contributed by atoms with Crippen LogP contribution in [-0.4, -0.2) is 67.9 Å². The quantitative estimate of drug-likeness (QED) is 0.394. The van der Waals surface area contributed by atoms with Crippen molar-refractivity contribution in [3.05, 3.63) is 77.9 Å². The number of anilines is 1. The summed E-state index contributed by atoms with van der Waals surface area (Å²) in [6.07, 6.45) is 3.67. The maximum absolute atomic E-state index is 14.4. The third-order valence-electron chi connectivity index (χ3n) is 7.08. The van der Waals surface area contributed by atoms with E-state index < -0.39 is 32.7 Å². The second-order valence-corrected chi connectivity index (χ2v) is 12.0. The number of halogens is 1. The first kappa shape index (κ1) is 27.9. The van der Waals surface area contributed by atoms with Gasteiger partial charge in [0.15, 0.2) is 0 Å². The summed E-state index contributed by atoms with van der Waals surface area (Å²) < 4.78 is 51.2. The lowest BCUT2D eigenvalue weighted by Crippen LogP contribution is -2.47. The Morgan fingerprint density at radius 2 is 1.77 bits per heavy atom. The second-order valence-electron chi connectivity index (χ2n) is 10.4. The van der Waals surface area contributed by atoms with Gasteiger partial charge >= 0.3 is 6.02 Å². The molecule has 40 heavy (non-hydrogen) atoms. The van der Waals surface area contributed by atoms with Crippen molar-refractivity contribution in [2.24, 2.45) is 4.40 Å². The Labute approximate surface area is 233 Å². The van der Waals surface area contributed by atoms with Crippen molar-refractivity contribution in [1.82, 2.24) is 20.6 Å². The van der Waals surface area contributed by atoms with Crippen LogP contribution >= 0.6 is 0 Å². The van der Waals surface area contributed by atoms with Crippen LogP contribution < -0.4 is 15.5 Å². The van der Waals surface area contributed by atoms with E-state index in [4.69, 9.17) is 4.74 Å². The summed E-state index contributed by atoms with van der Waals surface area (Å²) >= 11 is 0. The van der Waals surface area contributed by atoms with Crippen molar-refractivity contribution < 1.29 is 22.7 Å². The minimum atomic E-state index is -4.07. The van der Waals surface area contributed by atoms with Crippen LogP contribution in [0.3, 0.4) is 0 Å². The van der Waals surface area contributed by atoms with E-state index in [-0.39, 0.29) is 24.6 Å². The van der Waals surface area contributed by atoms with Gasteiger partial charge in [-0.15, -0.1) is 4.40 Å². The Balaban J connectivity index is 1.36. The van der Waals surface area contributed by atoms with Crippen LogP contribution in [0.1, 0.15) is 42.7 Å². The van der Waals surface area contributed by atoms with E-state index in [2.05, 4.69) is 29.9 Å². The van der Waals surface area contributed by atoms with Gasteiger partial charge in [0.2, 0.25) is 5.95 Å². The third kappa shape index (κ3) is 5.93. The average Bonchev–Trinajstić information content (AvgIpc) is 2.93. The van der Waals surface area contributed by atoms with Crippen LogP contribution in [0.5, 0.6) is 0 Å². The molecule has 3 aromatic rings. The van der Waals surface area contributed by atoms with Crippen molar-refractivity contribution in [3.63, 3.8) is 0 Å². The largest absolute Gasteiger partial charge is 0.457 e. The molecule has 3 heterocycles. The SMILES string of the molecule is CC1(C)OC(N[C@@H](CCO)c2ccccc2F)=NS(=O)(=O)C1c1ccc(-c2cnc(N3CCNCC3)nc2)cc1. The monoisotopic (exact) mass is 568 g/mol. The maximum atomic E-state index is 14.4. The zero-order chi connectivity index (χ0) is 28.3. The topological polar surface area (TPSA) is 129 Å². The number of aliphatic hydroxyl groups excluding tert-OH is 1. The van der Waals surface area contributed by atoms with Gasteiger partial charge in [-0.2, -0.15) is 0 Å². The van der Waals surface area contributed by atoms with Gasteiger partial charge < -0.3 is 25.4 Å². The number of aromatic nitrogens is 2. The van der Waals surface area contributed by atoms with Gasteiger partial charge in [0.25, 0.3) is 10.0 Å². The zero-order valence-electron chi connectivity index (χ0n) is 22.4. The Kier molecular flexibility index (Phi) is 8.02. The number of hydrogen-bond donors (Lipinski definition) is 3. The molecule has 2 aliphatic rings. The van der Waals surface area contributed by atoms with Crippen LogP contribution in [0.15, 0.2) is 65.3 Å². The summed E-state index contributed by atoms with van der Waals surface area (Å²) in [6.45, 7) is 6.60. The van der Waals surface area contributed by atoms with E-state index in [1.165, 1.54) is 6.07 Å². The molecule has 212 valence electrons. The molecule has 0 aliphatic carbocycles. The summed E-state index contributed by atoms with van der Waals surface area (Å²) in [7, 11) is -4.07. The van der Waals surface area contributed by atoms with Gasteiger partial charge in [-0.1, -0.05) is 42.5 Å². The van der Waals surface area contributed by atoms with Crippen molar-refractivity contribution in [1.29, 1.82) is 0 Å². The first-order valence-corrected chi connectivity index (χ1v) is 14.7. The molecule has 2 aliphatic heterocycles. The highest BCUT2D eigenvalue weighted by Gasteiger charge is 2.47. The maximum Gasteiger partial charge on any atom is 0.301 e. The Morgan fingerprint density at radius 1 is 1.10 bits per heavy atom. The Bertz CT molecular complexity index is 1460. The van der Waals surface area contributed by atoms with Crippen molar-refractivity contribution in [3.8, 4) is 11.1 Å². The van der Waals surface area contributed by atoms with Gasteiger partial charge in [-0.25, -0.2) is 22.8 Å². The number of nitrogens with one attached hydrogen (secondary N) is 2. The first-order chi connectivity index (χ1) is 19.2. The summed E-state index contributed by atoms with van der Waals surface area (Å²) in [5.74, 6) is 0.210. The molecule has 0 spiro atoms. The zero-order valence-corrected chi connectivity index (χ0v) is 23.2. The van der Waals surface area contributed by atoms with Gasteiger partial charge in [-0.3, -0.25) is 0 Å². The normalized spacial score (nSPS) is 20.8. The summed E-state index contributed by atoms with van der Waals surface area (Å²) in [6, 6.07) is 12.3. The van der Waals surface area contributed by atoms with E-state index in [0.717, 1.165) is 37.3 Å². The fourth-order valence-corrected chi connectivity index (χ4v) is 6.86. The van der Waals surface area contributed by atoms with Gasteiger partial charge in [0.05, 0.1) is 6.04 Å². The van der Waals surface area contributed by atoms with E-state index in [9.17, 15) is 17.9 Å². The lowest BCUT2D eigenvalue weighted by atomic mass is 9.96. The number of aliphatic hydroxyl groups is 1. The molecule has 5 rings (SSSR count). The highest BCUT2D eigenvalue weighted by Crippen LogP contribution is 2.41. The molecule has 0 bridgehead atoms. The van der Waals surface area contributed by atoms with Crippen LogP contribution in [0.25, 0.3) is 11.1 Å². The minimum absolute atomic E-state index is 0.134. The van der Waals surface area contributed by atoms with E-state index in [1.54, 1.807) is 56.6 Å². The smallest absolute Gasteiger partial charge is 0.301 e. The number of sulfonamides is 1. The first-order valence-electron chi connectivity index (χ1n) is 13.2. The van der Waals surface area contributed by atoms with Gasteiger partial charge in [0, 0.05) is 56.3 Å². The van der Waals surface area contributed by atoms with E-state index in [1.807, 2.05) is 12.1 Å². The van der Waals surface area contributed by atoms with Crippen LogP contribution in [-0.2, 0) is 14.8 Å². The van der Waals surface area contributed by atoms with Crippen molar-refractivity contribution in [2.75, 3.05) is 37.7 Å². The van der Waals surface area contributed by atoms with E-state index in [0.29, 0.717) is 11.5 Å². The fraction of sp³-hybridized carbons (Fsp3) is 0.393.